The summed E-state index contributed by atoms with van der Waals surface area (Å²) in [5.41, 5.74) is 1.98. The Morgan fingerprint density at radius 3 is 1.88 bits per heavy atom. The van der Waals surface area contributed by atoms with Gasteiger partial charge in [-0.3, -0.25) is 14.4 Å². The van der Waals surface area contributed by atoms with Gasteiger partial charge in [0.15, 0.2) is 20.5 Å². The number of esters is 1. The number of carbonyl (C=O) groups excluding carboxylic acids is 4. The van der Waals surface area contributed by atoms with Crippen LogP contribution in [0.25, 0.3) is 0 Å². The third kappa shape index (κ3) is 6.81. The summed E-state index contributed by atoms with van der Waals surface area (Å²) in [4.78, 5) is 54.7. The second-order valence-corrected chi connectivity index (χ2v) is 18.6. The largest absolute Gasteiger partial charge is 0.451 e. The van der Waals surface area contributed by atoms with E-state index in [9.17, 15) is 19.2 Å². The molecule has 2 aliphatic rings. The van der Waals surface area contributed by atoms with Gasteiger partial charge in [-0.1, -0.05) is 88.0 Å². The molecule has 2 saturated heterocycles. The summed E-state index contributed by atoms with van der Waals surface area (Å²) in [6, 6.07) is 17.7. The van der Waals surface area contributed by atoms with E-state index < -0.39 is 43.8 Å². The molecule has 0 aromatic heterocycles. The highest BCUT2D eigenvalue weighted by Gasteiger charge is 2.58. The number of benzene rings is 2. The van der Waals surface area contributed by atoms with E-state index >= 15 is 0 Å². The summed E-state index contributed by atoms with van der Waals surface area (Å²) >= 11 is 0.993. The molecule has 0 aliphatic carbocycles. The summed E-state index contributed by atoms with van der Waals surface area (Å²) in [5, 5.41) is -0.801. The van der Waals surface area contributed by atoms with Gasteiger partial charge in [-0.2, -0.15) is 0 Å². The van der Waals surface area contributed by atoms with Crippen LogP contribution >= 0.6 is 11.9 Å². The van der Waals surface area contributed by atoms with Crippen LogP contribution < -0.4 is 0 Å². The molecule has 0 saturated carbocycles. The van der Waals surface area contributed by atoms with Gasteiger partial charge in [0.2, 0.25) is 17.7 Å². The number of carbonyl (C=O) groups is 4. The van der Waals surface area contributed by atoms with Gasteiger partial charge in [0.05, 0.1) is 12.0 Å². The van der Waals surface area contributed by atoms with Gasteiger partial charge >= 0.3 is 5.97 Å². The smallest absolute Gasteiger partial charge is 0.334 e. The van der Waals surface area contributed by atoms with Crippen LogP contribution in [0.1, 0.15) is 64.7 Å². The van der Waals surface area contributed by atoms with Crippen molar-refractivity contribution in [3.63, 3.8) is 0 Å². The highest BCUT2D eigenvalue weighted by molar-refractivity contribution is 7.98. The van der Waals surface area contributed by atoms with Gasteiger partial charge in [0.25, 0.3) is 0 Å². The van der Waals surface area contributed by atoms with Crippen LogP contribution in [-0.2, 0) is 28.3 Å². The topological polar surface area (TPSA) is 93.2 Å². The molecule has 0 N–H and O–H groups in total. The third-order valence-corrected chi connectivity index (χ3v) is 14.5. The molecule has 230 valence electrons. The van der Waals surface area contributed by atoms with E-state index in [0.29, 0.717) is 5.57 Å². The van der Waals surface area contributed by atoms with Crippen LogP contribution in [0.2, 0.25) is 18.1 Å². The molecule has 4 rings (SSSR count). The maximum absolute atomic E-state index is 14.0. The first-order valence-corrected chi connectivity index (χ1v) is 18.4. The summed E-state index contributed by atoms with van der Waals surface area (Å²) < 4.78 is 13.9. The summed E-state index contributed by atoms with van der Waals surface area (Å²) in [7, 11) is -2.27. The van der Waals surface area contributed by atoms with E-state index in [1.807, 2.05) is 67.6 Å². The molecule has 43 heavy (non-hydrogen) atoms. The number of rotatable bonds is 11. The fraction of sp³-hybridized carbons (Fsp3) is 0.455. The maximum atomic E-state index is 14.0. The van der Waals surface area contributed by atoms with Crippen LogP contribution in [0.3, 0.4) is 0 Å². The van der Waals surface area contributed by atoms with Crippen molar-refractivity contribution in [2.75, 3.05) is 0 Å². The Kier molecular flexibility index (Phi) is 9.73. The lowest BCUT2D eigenvalue weighted by Gasteiger charge is -2.53. The van der Waals surface area contributed by atoms with Crippen molar-refractivity contribution in [1.82, 2.24) is 9.21 Å². The molecule has 0 bridgehead atoms. The van der Waals surface area contributed by atoms with E-state index in [4.69, 9.17) is 9.16 Å². The second kappa shape index (κ2) is 12.8. The van der Waals surface area contributed by atoms with Crippen LogP contribution in [0.4, 0.5) is 0 Å². The van der Waals surface area contributed by atoms with Gasteiger partial charge in [0, 0.05) is 12.8 Å². The summed E-state index contributed by atoms with van der Waals surface area (Å²) in [6.07, 6.45) is -0.972. The lowest BCUT2D eigenvalue weighted by atomic mass is 9.89. The van der Waals surface area contributed by atoms with Gasteiger partial charge in [-0.15, -0.1) is 0 Å². The average Bonchev–Trinajstić information content (AvgIpc) is 3.26. The number of hydrogen-bond donors (Lipinski definition) is 0. The van der Waals surface area contributed by atoms with Crippen molar-refractivity contribution in [2.45, 2.75) is 89.2 Å². The predicted octanol–water partition coefficient (Wildman–Crippen LogP) is 6.26. The normalized spacial score (nSPS) is 20.7. The monoisotopic (exact) mass is 622 g/mol. The van der Waals surface area contributed by atoms with Gasteiger partial charge in [-0.25, -0.2) is 9.10 Å². The minimum absolute atomic E-state index is 0.0921. The number of amides is 3. The first-order chi connectivity index (χ1) is 20.1. The lowest BCUT2D eigenvalue weighted by molar-refractivity contribution is -0.171. The Balaban J connectivity index is 1.67. The molecule has 2 aromatic rings. The van der Waals surface area contributed by atoms with Crippen molar-refractivity contribution < 1.29 is 28.3 Å². The molecule has 3 unspecified atom stereocenters. The molecule has 10 heteroatoms. The van der Waals surface area contributed by atoms with Crippen LogP contribution in [0.15, 0.2) is 72.8 Å². The number of hydrogen-bond acceptors (Lipinski definition) is 7. The molecule has 0 spiro atoms. The molecule has 8 nitrogen and oxygen atoms in total. The molecule has 2 aliphatic heterocycles. The van der Waals surface area contributed by atoms with Gasteiger partial charge < -0.3 is 14.1 Å². The van der Waals surface area contributed by atoms with Crippen molar-refractivity contribution in [3.8, 4) is 0 Å². The van der Waals surface area contributed by atoms with Crippen LogP contribution in [0.5, 0.6) is 0 Å². The molecule has 2 aromatic carbocycles. The molecular weight excluding hydrogens is 581 g/mol. The SMILES string of the molecule is C=C(C)C(C(=O)OC(c1ccccc1)c1ccccc1)N1C(=O)C([C@@H](C)O[Si](C)(C)C(C)(C)C)C1SN1C(=O)CCC1=O. The molecule has 3 amide bonds. The third-order valence-electron chi connectivity index (χ3n) is 8.54. The first-order valence-electron chi connectivity index (χ1n) is 14.6. The Morgan fingerprint density at radius 1 is 0.953 bits per heavy atom. The van der Waals surface area contributed by atoms with Gasteiger partial charge in [0.1, 0.15) is 5.37 Å². The lowest BCUT2D eigenvalue weighted by Crippen LogP contribution is -2.69. The Morgan fingerprint density at radius 2 is 1.44 bits per heavy atom. The minimum atomic E-state index is -2.27. The van der Waals surface area contributed by atoms with Crippen molar-refractivity contribution in [1.29, 1.82) is 0 Å². The zero-order valence-corrected chi connectivity index (χ0v) is 27.9. The minimum Gasteiger partial charge on any atom is -0.451 e. The predicted molar refractivity (Wildman–Crippen MR) is 170 cm³/mol. The van der Waals surface area contributed by atoms with Crippen molar-refractivity contribution >= 4 is 44.0 Å². The molecule has 2 heterocycles. The number of ether oxygens (including phenoxy) is 1. The molecule has 0 radical (unpaired) electrons. The highest BCUT2D eigenvalue weighted by Crippen LogP contribution is 2.46. The molecule has 2 fully saturated rings. The van der Waals surface area contributed by atoms with Crippen LogP contribution in [0, 0.1) is 5.92 Å². The fourth-order valence-electron chi connectivity index (χ4n) is 5.15. The van der Waals surface area contributed by atoms with E-state index in [1.54, 1.807) is 6.92 Å². The first kappa shape index (κ1) is 32.7. The Bertz CT molecular complexity index is 1320. The van der Waals surface area contributed by atoms with E-state index in [0.717, 1.165) is 27.4 Å². The number of β-lactam (4-membered cyclic amide) rings is 1. The maximum Gasteiger partial charge on any atom is 0.334 e. The van der Waals surface area contributed by atoms with E-state index in [2.05, 4.69) is 40.4 Å². The van der Waals surface area contributed by atoms with Crippen molar-refractivity contribution in [3.05, 3.63) is 83.9 Å². The molecule has 4 atom stereocenters. The standard InChI is InChI=1S/C33H42N2O6SSi/c1-21(2)28(32(39)40-29(23-15-11-9-12-16-23)24-17-13-10-14-18-24)34-30(38)27(22(3)41-43(7,8)33(4,5)6)31(34)42-35-25(36)19-20-26(35)37/h9-18,22,27-29,31H,1,19-20H2,2-8H3/t22-,27?,28?,31?/m1/s1. The fourth-order valence-corrected chi connectivity index (χ4v) is 8.01. The van der Waals surface area contributed by atoms with E-state index in [1.165, 1.54) is 4.90 Å². The number of nitrogens with zero attached hydrogens (tertiary/aromatic N) is 2. The summed E-state index contributed by atoms with van der Waals surface area (Å²) in [6.45, 7) is 18.2. The van der Waals surface area contributed by atoms with E-state index in [-0.39, 0.29) is 35.6 Å². The number of imide groups is 1. The van der Waals surface area contributed by atoms with Crippen LogP contribution in [-0.4, -0.2) is 58.7 Å². The Hall–Kier alpha value is -3.21. The molecular formula is C33H42N2O6SSi. The zero-order valence-electron chi connectivity index (χ0n) is 26.0. The second-order valence-electron chi connectivity index (χ2n) is 12.8. The summed E-state index contributed by atoms with van der Waals surface area (Å²) in [5.74, 6) is -2.24. The zero-order chi connectivity index (χ0) is 31.7. The quantitative estimate of drug-likeness (QED) is 0.0730. The van der Waals surface area contributed by atoms with Crippen molar-refractivity contribution in [2.24, 2.45) is 5.92 Å². The number of likely N-dealkylation sites (tertiary alicyclic amines) is 1. The van der Waals surface area contributed by atoms with Gasteiger partial charge in [-0.05, 0) is 60.6 Å². The highest BCUT2D eigenvalue weighted by atomic mass is 32.2. The Labute approximate surface area is 260 Å². The average molecular weight is 623 g/mol.